The van der Waals surface area contributed by atoms with Crippen LogP contribution in [0.2, 0.25) is 0 Å². The summed E-state index contributed by atoms with van der Waals surface area (Å²) in [5, 5.41) is 3.74. The largest absolute Gasteiger partial charge is 0.338 e. The second-order valence-electron chi connectivity index (χ2n) is 6.69. The Kier molecular flexibility index (Phi) is 5.76. The van der Waals surface area contributed by atoms with Crippen LogP contribution in [0.1, 0.15) is 53.8 Å². The molecule has 132 valence electrons. The molecule has 0 radical (unpaired) electrons. The monoisotopic (exact) mass is 338 g/mol. The van der Waals surface area contributed by atoms with Gasteiger partial charge in [-0.2, -0.15) is 0 Å². The summed E-state index contributed by atoms with van der Waals surface area (Å²) in [4.78, 5) is 23.0. The minimum Gasteiger partial charge on any atom is -0.338 e. The summed E-state index contributed by atoms with van der Waals surface area (Å²) in [5.74, 6) is 0.0824. The lowest BCUT2D eigenvalue weighted by molar-refractivity contribution is 0.0700. The van der Waals surface area contributed by atoms with Gasteiger partial charge in [-0.1, -0.05) is 6.92 Å². The molecule has 1 amide bonds. The molecule has 1 atom stereocenters. The molecular weight excluding hydrogens is 312 g/mol. The lowest BCUT2D eigenvalue weighted by Crippen LogP contribution is -2.45. The fourth-order valence-corrected chi connectivity index (χ4v) is 3.37. The van der Waals surface area contributed by atoms with Gasteiger partial charge in [0, 0.05) is 43.8 Å². The van der Waals surface area contributed by atoms with Crippen LogP contribution in [0.5, 0.6) is 0 Å². The van der Waals surface area contributed by atoms with Gasteiger partial charge in [-0.25, -0.2) is 0 Å². The van der Waals surface area contributed by atoms with Crippen LogP contribution >= 0.6 is 0 Å². The summed E-state index contributed by atoms with van der Waals surface area (Å²) < 4.78 is 0. The van der Waals surface area contributed by atoms with E-state index < -0.39 is 0 Å². The van der Waals surface area contributed by atoms with Crippen molar-refractivity contribution < 1.29 is 4.79 Å². The SMILES string of the molecule is CCC(NC1CCN(C(=O)c2cccnc2)CC1)c1cc(C)ccn1. The van der Waals surface area contributed by atoms with E-state index in [0.717, 1.165) is 38.0 Å². The lowest BCUT2D eigenvalue weighted by Gasteiger charge is -2.34. The minimum atomic E-state index is 0.0824. The molecule has 0 bridgehead atoms. The molecule has 1 saturated heterocycles. The molecule has 0 spiro atoms. The van der Waals surface area contributed by atoms with Gasteiger partial charge in [0.25, 0.3) is 5.91 Å². The molecule has 5 heteroatoms. The Labute approximate surface area is 149 Å². The van der Waals surface area contributed by atoms with Gasteiger partial charge in [0.05, 0.1) is 11.3 Å². The summed E-state index contributed by atoms with van der Waals surface area (Å²) in [5.41, 5.74) is 3.02. The van der Waals surface area contributed by atoms with Crippen LogP contribution in [0.3, 0.4) is 0 Å². The molecule has 1 unspecified atom stereocenters. The summed E-state index contributed by atoms with van der Waals surface area (Å²) in [6.07, 6.45) is 8.15. The van der Waals surface area contributed by atoms with E-state index >= 15 is 0 Å². The van der Waals surface area contributed by atoms with E-state index in [1.165, 1.54) is 5.56 Å². The van der Waals surface area contributed by atoms with Gasteiger partial charge in [-0.3, -0.25) is 14.8 Å². The predicted octanol–water partition coefficient (Wildman–Crippen LogP) is 3.13. The summed E-state index contributed by atoms with van der Waals surface area (Å²) in [7, 11) is 0. The maximum atomic E-state index is 12.5. The van der Waals surface area contributed by atoms with Crippen LogP contribution in [-0.4, -0.2) is 39.9 Å². The predicted molar refractivity (Wildman–Crippen MR) is 98.3 cm³/mol. The molecule has 25 heavy (non-hydrogen) atoms. The van der Waals surface area contributed by atoms with Gasteiger partial charge in [0.15, 0.2) is 0 Å². The number of hydrogen-bond acceptors (Lipinski definition) is 4. The van der Waals surface area contributed by atoms with E-state index in [0.29, 0.717) is 11.6 Å². The third-order valence-electron chi connectivity index (χ3n) is 4.83. The molecular formula is C20H26N4O. The van der Waals surface area contributed by atoms with Crippen molar-refractivity contribution >= 4 is 5.91 Å². The van der Waals surface area contributed by atoms with Gasteiger partial charge >= 0.3 is 0 Å². The first-order valence-corrected chi connectivity index (χ1v) is 9.05. The second-order valence-corrected chi connectivity index (χ2v) is 6.69. The highest BCUT2D eigenvalue weighted by molar-refractivity contribution is 5.93. The number of piperidine rings is 1. The van der Waals surface area contributed by atoms with Gasteiger partial charge in [0.2, 0.25) is 0 Å². The smallest absolute Gasteiger partial charge is 0.255 e. The van der Waals surface area contributed by atoms with E-state index in [4.69, 9.17) is 0 Å². The maximum absolute atomic E-state index is 12.5. The molecule has 3 rings (SSSR count). The van der Waals surface area contributed by atoms with Crippen molar-refractivity contribution in [2.75, 3.05) is 13.1 Å². The molecule has 2 aromatic rings. The fraction of sp³-hybridized carbons (Fsp3) is 0.450. The first-order chi connectivity index (χ1) is 12.2. The Balaban J connectivity index is 1.56. The van der Waals surface area contributed by atoms with Crippen LogP contribution in [-0.2, 0) is 0 Å². The van der Waals surface area contributed by atoms with Gasteiger partial charge in [0.1, 0.15) is 0 Å². The number of likely N-dealkylation sites (tertiary alicyclic amines) is 1. The molecule has 1 aliphatic rings. The molecule has 0 aliphatic carbocycles. The van der Waals surface area contributed by atoms with Crippen molar-refractivity contribution in [3.63, 3.8) is 0 Å². The van der Waals surface area contributed by atoms with E-state index in [-0.39, 0.29) is 11.9 Å². The van der Waals surface area contributed by atoms with Crippen LogP contribution < -0.4 is 5.32 Å². The zero-order valence-corrected chi connectivity index (χ0v) is 15.0. The van der Waals surface area contributed by atoms with Crippen LogP contribution in [0.15, 0.2) is 42.9 Å². The summed E-state index contributed by atoms with van der Waals surface area (Å²) in [6.45, 7) is 5.84. The molecule has 1 aliphatic heterocycles. The Hall–Kier alpha value is -2.27. The van der Waals surface area contributed by atoms with Crippen LogP contribution in [0.4, 0.5) is 0 Å². The standard InChI is InChI=1S/C20H26N4O/c1-3-18(19-13-15(2)6-10-22-19)23-17-7-11-24(12-8-17)20(25)16-5-4-9-21-14-16/h4-6,9-10,13-14,17-18,23H,3,7-8,11-12H2,1-2H3. The Morgan fingerprint density at radius 1 is 1.32 bits per heavy atom. The number of aromatic nitrogens is 2. The van der Waals surface area contributed by atoms with E-state index in [1.54, 1.807) is 12.4 Å². The first-order valence-electron chi connectivity index (χ1n) is 9.05. The zero-order chi connectivity index (χ0) is 17.6. The maximum Gasteiger partial charge on any atom is 0.255 e. The van der Waals surface area contributed by atoms with Gasteiger partial charge in [-0.15, -0.1) is 0 Å². The highest BCUT2D eigenvalue weighted by atomic mass is 16.2. The zero-order valence-electron chi connectivity index (χ0n) is 15.0. The normalized spacial score (nSPS) is 16.6. The van der Waals surface area contributed by atoms with Crippen molar-refractivity contribution in [3.8, 4) is 0 Å². The van der Waals surface area contributed by atoms with Crippen LogP contribution in [0.25, 0.3) is 0 Å². The molecule has 1 N–H and O–H groups in total. The third-order valence-corrected chi connectivity index (χ3v) is 4.83. The number of carbonyl (C=O) groups excluding carboxylic acids is 1. The van der Waals surface area contributed by atoms with Crippen molar-refractivity contribution in [3.05, 3.63) is 59.7 Å². The number of nitrogens with zero attached hydrogens (tertiary/aromatic N) is 3. The molecule has 3 heterocycles. The number of hydrogen-bond donors (Lipinski definition) is 1. The van der Waals surface area contributed by atoms with Crippen LogP contribution in [0, 0.1) is 6.92 Å². The van der Waals surface area contributed by atoms with Gasteiger partial charge < -0.3 is 10.2 Å². The van der Waals surface area contributed by atoms with E-state index in [1.807, 2.05) is 29.3 Å². The molecule has 0 aromatic carbocycles. The van der Waals surface area contributed by atoms with E-state index in [9.17, 15) is 4.79 Å². The number of aryl methyl sites for hydroxylation is 1. The van der Waals surface area contributed by atoms with Crippen molar-refractivity contribution in [2.24, 2.45) is 0 Å². The molecule has 0 saturated carbocycles. The topological polar surface area (TPSA) is 58.1 Å². The fourth-order valence-electron chi connectivity index (χ4n) is 3.37. The van der Waals surface area contributed by atoms with Crippen molar-refractivity contribution in [1.29, 1.82) is 0 Å². The molecule has 5 nitrogen and oxygen atoms in total. The molecule has 1 fully saturated rings. The number of pyridine rings is 2. The Morgan fingerprint density at radius 2 is 2.12 bits per heavy atom. The highest BCUT2D eigenvalue weighted by Crippen LogP contribution is 2.20. The average molecular weight is 338 g/mol. The van der Waals surface area contributed by atoms with Crippen molar-refractivity contribution in [2.45, 2.75) is 45.2 Å². The number of rotatable bonds is 5. The van der Waals surface area contributed by atoms with E-state index in [2.05, 4.69) is 35.2 Å². The number of nitrogens with one attached hydrogen (secondary N) is 1. The average Bonchev–Trinajstić information content (AvgIpc) is 2.66. The van der Waals surface area contributed by atoms with Crippen molar-refractivity contribution in [1.82, 2.24) is 20.2 Å². The highest BCUT2D eigenvalue weighted by Gasteiger charge is 2.25. The third kappa shape index (κ3) is 4.42. The lowest BCUT2D eigenvalue weighted by atomic mass is 10.0. The summed E-state index contributed by atoms with van der Waals surface area (Å²) in [6, 6.07) is 8.51. The van der Waals surface area contributed by atoms with Gasteiger partial charge in [-0.05, 0) is 56.0 Å². The Bertz CT molecular complexity index is 696. The minimum absolute atomic E-state index is 0.0824. The Morgan fingerprint density at radius 3 is 2.76 bits per heavy atom. The molecule has 2 aromatic heterocycles. The number of amides is 1. The number of carbonyl (C=O) groups is 1. The first kappa shape index (κ1) is 17.5. The quantitative estimate of drug-likeness (QED) is 0.910. The summed E-state index contributed by atoms with van der Waals surface area (Å²) >= 11 is 0. The second kappa shape index (κ2) is 8.21.